The average Bonchev–Trinajstić information content (AvgIpc) is 2.83. The van der Waals surface area contributed by atoms with Gasteiger partial charge in [0.1, 0.15) is 11.4 Å². The fraction of sp³-hybridized carbons (Fsp3) is 0.565. The fourth-order valence-corrected chi connectivity index (χ4v) is 3.00. The summed E-state index contributed by atoms with van der Waals surface area (Å²) < 4.78 is 32.0. The summed E-state index contributed by atoms with van der Waals surface area (Å²) in [6.45, 7) is 13.1. The van der Waals surface area contributed by atoms with Crippen molar-refractivity contribution >= 4 is 25.3 Å². The summed E-state index contributed by atoms with van der Waals surface area (Å²) in [5.74, 6) is -1.47. The van der Waals surface area contributed by atoms with Crippen molar-refractivity contribution in [3.05, 3.63) is 40.6 Å². The van der Waals surface area contributed by atoms with E-state index in [2.05, 4.69) is 5.32 Å². The summed E-state index contributed by atoms with van der Waals surface area (Å²) in [5.41, 5.74) is -0.366. The van der Waals surface area contributed by atoms with Crippen LogP contribution in [-0.4, -0.2) is 47.6 Å². The van der Waals surface area contributed by atoms with E-state index in [-0.39, 0.29) is 19.4 Å². The van der Waals surface area contributed by atoms with Gasteiger partial charge in [0.05, 0.1) is 11.2 Å². The molecule has 0 aromatic heterocycles. The number of amides is 1. The number of aliphatic carboxylic acids is 1. The number of ether oxygens (including phenoxy) is 1. The highest BCUT2D eigenvalue weighted by atomic mass is 19.1. The van der Waals surface area contributed by atoms with Crippen molar-refractivity contribution in [2.45, 2.75) is 78.1 Å². The molecule has 0 spiro atoms. The quantitative estimate of drug-likeness (QED) is 0.600. The van der Waals surface area contributed by atoms with Crippen molar-refractivity contribution in [2.24, 2.45) is 0 Å². The number of carbonyl (C=O) groups is 2. The summed E-state index contributed by atoms with van der Waals surface area (Å²) in [7, 11) is -0.746. The molecular formula is C23H33BFNO6. The molecule has 1 fully saturated rings. The molecule has 2 N–H and O–H groups in total. The van der Waals surface area contributed by atoms with Crippen LogP contribution in [0.5, 0.6) is 0 Å². The first kappa shape index (κ1) is 25.9. The van der Waals surface area contributed by atoms with E-state index in [1.807, 2.05) is 27.7 Å². The average molecular weight is 449 g/mol. The van der Waals surface area contributed by atoms with E-state index < -0.39 is 41.8 Å². The zero-order valence-corrected chi connectivity index (χ0v) is 19.9. The molecule has 1 aliphatic rings. The van der Waals surface area contributed by atoms with E-state index in [9.17, 15) is 14.0 Å². The number of hydrogen-bond acceptors (Lipinski definition) is 5. The maximum atomic E-state index is 14.5. The molecule has 0 radical (unpaired) electrons. The van der Waals surface area contributed by atoms with E-state index in [0.717, 1.165) is 0 Å². The van der Waals surface area contributed by atoms with E-state index in [4.69, 9.17) is 19.2 Å². The predicted molar refractivity (Wildman–Crippen MR) is 121 cm³/mol. The number of carboxylic acids is 1. The molecule has 1 aliphatic heterocycles. The summed E-state index contributed by atoms with van der Waals surface area (Å²) in [6.07, 6.45) is 1.07. The van der Waals surface area contributed by atoms with Gasteiger partial charge in [-0.1, -0.05) is 18.2 Å². The summed E-state index contributed by atoms with van der Waals surface area (Å²) in [6, 6.07) is 4.59. The minimum absolute atomic E-state index is 0.0775. The first-order valence-electron chi connectivity index (χ1n) is 10.6. The Hall–Kier alpha value is -2.39. The third-order valence-electron chi connectivity index (χ3n) is 5.43. The van der Waals surface area contributed by atoms with Gasteiger partial charge in [-0.2, -0.15) is 0 Å². The van der Waals surface area contributed by atoms with Crippen molar-refractivity contribution in [1.82, 2.24) is 5.32 Å². The summed E-state index contributed by atoms with van der Waals surface area (Å²) >= 11 is 0. The molecule has 1 saturated heterocycles. The van der Waals surface area contributed by atoms with Crippen LogP contribution in [0.25, 0.3) is 6.08 Å². The predicted octanol–water partition coefficient (Wildman–Crippen LogP) is 4.38. The standard InChI is InChI=1S/C23H33BFNO6/c1-21(2,3)30-20(29)26-14-17(24-31-22(4,5)23(6,7)32-24)12-15-8-9-16(18(25)13-15)10-11-19(27)28/h8-9,12-13H,10-11,14H2,1-7H3,(H,26,29)(H,27,28). The number of carbonyl (C=O) groups excluding carboxylic acids is 1. The van der Waals surface area contributed by atoms with E-state index >= 15 is 0 Å². The Balaban J connectivity index is 2.28. The van der Waals surface area contributed by atoms with Gasteiger partial charge in [-0.3, -0.25) is 4.79 Å². The van der Waals surface area contributed by atoms with Gasteiger partial charge < -0.3 is 24.5 Å². The number of hydrogen-bond donors (Lipinski definition) is 2. The number of rotatable bonds is 7. The van der Waals surface area contributed by atoms with Crippen LogP contribution >= 0.6 is 0 Å². The van der Waals surface area contributed by atoms with Crippen LogP contribution in [0.2, 0.25) is 0 Å². The first-order chi connectivity index (χ1) is 14.6. The van der Waals surface area contributed by atoms with Crippen molar-refractivity contribution < 1.29 is 33.1 Å². The number of benzene rings is 1. The number of halogens is 1. The van der Waals surface area contributed by atoms with Gasteiger partial charge in [0, 0.05) is 13.0 Å². The van der Waals surface area contributed by atoms with Gasteiger partial charge in [0.15, 0.2) is 0 Å². The van der Waals surface area contributed by atoms with Gasteiger partial charge in [0.2, 0.25) is 0 Å². The Morgan fingerprint density at radius 1 is 1.19 bits per heavy atom. The molecule has 7 nitrogen and oxygen atoms in total. The second kappa shape index (κ2) is 9.62. The summed E-state index contributed by atoms with van der Waals surface area (Å²) in [5, 5.41) is 11.5. The van der Waals surface area contributed by atoms with Gasteiger partial charge in [-0.05, 0) is 77.6 Å². The molecular weight excluding hydrogens is 416 g/mol. The van der Waals surface area contributed by atoms with Crippen LogP contribution in [0.3, 0.4) is 0 Å². The van der Waals surface area contributed by atoms with Crippen LogP contribution in [0, 0.1) is 5.82 Å². The highest BCUT2D eigenvalue weighted by Crippen LogP contribution is 2.38. The molecule has 0 atom stereocenters. The van der Waals surface area contributed by atoms with Crippen molar-refractivity contribution in [1.29, 1.82) is 0 Å². The Labute approximate surface area is 189 Å². The molecule has 0 bridgehead atoms. The SMILES string of the molecule is CC(C)(C)OC(=O)NCC(=Cc1ccc(CCC(=O)O)c(F)c1)B1OC(C)(C)C(C)(C)O1. The smallest absolute Gasteiger partial charge is 0.481 e. The third-order valence-corrected chi connectivity index (χ3v) is 5.43. The molecule has 1 amide bonds. The lowest BCUT2D eigenvalue weighted by atomic mass is 9.77. The van der Waals surface area contributed by atoms with Crippen LogP contribution < -0.4 is 5.32 Å². The van der Waals surface area contributed by atoms with Gasteiger partial charge >= 0.3 is 19.2 Å². The molecule has 2 rings (SSSR count). The van der Waals surface area contributed by atoms with Gasteiger partial charge in [-0.25, -0.2) is 9.18 Å². The first-order valence-corrected chi connectivity index (χ1v) is 10.6. The summed E-state index contributed by atoms with van der Waals surface area (Å²) in [4.78, 5) is 22.9. The van der Waals surface area contributed by atoms with Crippen LogP contribution in [0.4, 0.5) is 9.18 Å². The second-order valence-electron chi connectivity index (χ2n) is 9.91. The number of nitrogens with one attached hydrogen (secondary N) is 1. The fourth-order valence-electron chi connectivity index (χ4n) is 3.00. The number of alkyl carbamates (subject to hydrolysis) is 1. The lowest BCUT2D eigenvalue weighted by molar-refractivity contribution is -0.136. The molecule has 0 saturated carbocycles. The molecule has 0 aliphatic carbocycles. The Bertz CT molecular complexity index is 875. The third kappa shape index (κ3) is 7.07. The lowest BCUT2D eigenvalue weighted by Gasteiger charge is -2.32. The van der Waals surface area contributed by atoms with Crippen LogP contribution in [-0.2, 0) is 25.3 Å². The molecule has 1 aromatic carbocycles. The molecule has 1 aromatic rings. The maximum Gasteiger partial charge on any atom is 0.492 e. The second-order valence-corrected chi connectivity index (χ2v) is 9.91. The lowest BCUT2D eigenvalue weighted by Crippen LogP contribution is -2.41. The Morgan fingerprint density at radius 2 is 1.78 bits per heavy atom. The maximum absolute atomic E-state index is 14.5. The van der Waals surface area contributed by atoms with Crippen molar-refractivity contribution in [3.8, 4) is 0 Å². The Kier molecular flexibility index (Phi) is 7.78. The van der Waals surface area contributed by atoms with E-state index in [0.29, 0.717) is 16.6 Å². The van der Waals surface area contributed by atoms with Crippen LogP contribution in [0.1, 0.15) is 66.0 Å². The zero-order valence-electron chi connectivity index (χ0n) is 19.9. The Morgan fingerprint density at radius 3 is 2.28 bits per heavy atom. The minimum Gasteiger partial charge on any atom is -0.481 e. The van der Waals surface area contributed by atoms with Crippen molar-refractivity contribution in [2.75, 3.05) is 6.54 Å². The number of carboxylic acid groups (broad SMARTS) is 1. The molecule has 0 unspecified atom stereocenters. The van der Waals surface area contributed by atoms with Gasteiger partial charge in [0.25, 0.3) is 0 Å². The molecule has 176 valence electrons. The van der Waals surface area contributed by atoms with Crippen LogP contribution in [0.15, 0.2) is 23.7 Å². The largest absolute Gasteiger partial charge is 0.492 e. The monoisotopic (exact) mass is 449 g/mol. The molecule has 1 heterocycles. The minimum atomic E-state index is -0.982. The normalized spacial score (nSPS) is 17.9. The van der Waals surface area contributed by atoms with Gasteiger partial charge in [-0.15, -0.1) is 0 Å². The van der Waals surface area contributed by atoms with E-state index in [1.54, 1.807) is 39.0 Å². The topological polar surface area (TPSA) is 94.1 Å². The van der Waals surface area contributed by atoms with Crippen molar-refractivity contribution in [3.63, 3.8) is 0 Å². The highest BCUT2D eigenvalue weighted by Gasteiger charge is 2.52. The highest BCUT2D eigenvalue weighted by molar-refractivity contribution is 6.56. The number of aryl methyl sites for hydroxylation is 1. The zero-order chi connectivity index (χ0) is 24.3. The van der Waals surface area contributed by atoms with E-state index in [1.165, 1.54) is 6.07 Å². The molecule has 9 heteroatoms. The molecule has 32 heavy (non-hydrogen) atoms.